The zero-order chi connectivity index (χ0) is 14.3. The first-order valence-electron chi connectivity index (χ1n) is 6.28. The van der Waals surface area contributed by atoms with Crippen LogP contribution in [0.1, 0.15) is 43.3 Å². The Kier molecular flexibility index (Phi) is 5.37. The van der Waals surface area contributed by atoms with Crippen molar-refractivity contribution in [3.8, 4) is 5.75 Å². The van der Waals surface area contributed by atoms with Crippen LogP contribution in [0.15, 0.2) is 47.1 Å². The Labute approximate surface area is 113 Å². The van der Waals surface area contributed by atoms with E-state index in [-0.39, 0.29) is 5.41 Å². The highest BCUT2D eigenvalue weighted by molar-refractivity contribution is 5.69. The Morgan fingerprint density at radius 2 is 1.84 bits per heavy atom. The first-order valence-corrected chi connectivity index (χ1v) is 6.28. The number of hydrogen-bond acceptors (Lipinski definition) is 3. The van der Waals surface area contributed by atoms with E-state index in [1.165, 1.54) is 11.8 Å². The smallest absolute Gasteiger partial charge is 0.185 e. The SMILES string of the molecule is CCC(C)(C)c1ccc(O)cc1.O=Cc1ccco1. The zero-order valence-electron chi connectivity index (χ0n) is 11.6. The Bertz CT molecular complexity index is 481. The lowest BCUT2D eigenvalue weighted by Crippen LogP contribution is -2.14. The number of aromatic hydroxyl groups is 1. The molecule has 0 saturated carbocycles. The van der Waals surface area contributed by atoms with Crippen LogP contribution in [-0.4, -0.2) is 11.4 Å². The topological polar surface area (TPSA) is 50.4 Å². The van der Waals surface area contributed by atoms with Gasteiger partial charge in [-0.2, -0.15) is 0 Å². The summed E-state index contributed by atoms with van der Waals surface area (Å²) in [5, 5.41) is 9.10. The average Bonchev–Trinajstić information content (AvgIpc) is 2.93. The van der Waals surface area contributed by atoms with Crippen molar-refractivity contribution in [2.24, 2.45) is 0 Å². The van der Waals surface area contributed by atoms with Gasteiger partial charge in [-0.1, -0.05) is 32.9 Å². The van der Waals surface area contributed by atoms with E-state index in [1.54, 1.807) is 24.3 Å². The van der Waals surface area contributed by atoms with Crippen LogP contribution in [0, 0.1) is 0 Å². The molecule has 19 heavy (non-hydrogen) atoms. The Hall–Kier alpha value is -2.03. The molecule has 0 aliphatic heterocycles. The molecule has 0 aliphatic rings. The van der Waals surface area contributed by atoms with Crippen molar-refractivity contribution < 1.29 is 14.3 Å². The monoisotopic (exact) mass is 260 g/mol. The number of carbonyl (C=O) groups excluding carboxylic acids is 1. The highest BCUT2D eigenvalue weighted by atomic mass is 16.3. The molecule has 2 rings (SSSR count). The first kappa shape index (κ1) is 15.0. The van der Waals surface area contributed by atoms with E-state index < -0.39 is 0 Å². The van der Waals surface area contributed by atoms with Crippen molar-refractivity contribution in [2.75, 3.05) is 0 Å². The largest absolute Gasteiger partial charge is 0.508 e. The van der Waals surface area contributed by atoms with Gasteiger partial charge >= 0.3 is 0 Å². The zero-order valence-corrected chi connectivity index (χ0v) is 11.6. The summed E-state index contributed by atoms with van der Waals surface area (Å²) >= 11 is 0. The summed E-state index contributed by atoms with van der Waals surface area (Å²) in [5.41, 5.74) is 1.50. The molecular formula is C16H20O3. The molecule has 0 saturated heterocycles. The molecule has 0 amide bonds. The van der Waals surface area contributed by atoms with Gasteiger partial charge in [0.15, 0.2) is 12.0 Å². The Morgan fingerprint density at radius 3 is 2.21 bits per heavy atom. The molecular weight excluding hydrogens is 240 g/mol. The van der Waals surface area contributed by atoms with Crippen LogP contribution < -0.4 is 0 Å². The number of phenols is 1. The lowest BCUT2D eigenvalue weighted by Gasteiger charge is -2.22. The van der Waals surface area contributed by atoms with Crippen molar-refractivity contribution in [3.05, 3.63) is 54.0 Å². The van der Waals surface area contributed by atoms with Crippen LogP contribution >= 0.6 is 0 Å². The Morgan fingerprint density at radius 1 is 1.21 bits per heavy atom. The quantitative estimate of drug-likeness (QED) is 0.842. The van der Waals surface area contributed by atoms with Gasteiger partial charge in [-0.15, -0.1) is 0 Å². The first-order chi connectivity index (χ1) is 8.99. The maximum Gasteiger partial charge on any atom is 0.185 e. The highest BCUT2D eigenvalue weighted by Crippen LogP contribution is 2.27. The van der Waals surface area contributed by atoms with Gasteiger partial charge in [0.05, 0.1) is 6.26 Å². The maximum atomic E-state index is 9.77. The molecule has 1 aromatic carbocycles. The summed E-state index contributed by atoms with van der Waals surface area (Å²) in [7, 11) is 0. The molecule has 102 valence electrons. The fourth-order valence-corrected chi connectivity index (χ4v) is 1.48. The van der Waals surface area contributed by atoms with Crippen molar-refractivity contribution in [2.45, 2.75) is 32.6 Å². The minimum absolute atomic E-state index is 0.216. The van der Waals surface area contributed by atoms with Gasteiger partial charge in [0.25, 0.3) is 0 Å². The van der Waals surface area contributed by atoms with E-state index in [4.69, 9.17) is 5.11 Å². The van der Waals surface area contributed by atoms with Crippen molar-refractivity contribution >= 4 is 6.29 Å². The third-order valence-corrected chi connectivity index (χ3v) is 3.19. The second-order valence-corrected chi connectivity index (χ2v) is 4.92. The molecule has 1 heterocycles. The second-order valence-electron chi connectivity index (χ2n) is 4.92. The average molecular weight is 260 g/mol. The Balaban J connectivity index is 0.000000218. The summed E-state index contributed by atoms with van der Waals surface area (Å²) in [6.45, 7) is 6.59. The molecule has 3 heteroatoms. The molecule has 0 atom stereocenters. The molecule has 0 fully saturated rings. The highest BCUT2D eigenvalue weighted by Gasteiger charge is 2.17. The van der Waals surface area contributed by atoms with Gasteiger partial charge in [-0.05, 0) is 41.7 Å². The summed E-state index contributed by atoms with van der Waals surface area (Å²) in [6, 6.07) is 10.7. The summed E-state index contributed by atoms with van der Waals surface area (Å²) in [6.07, 6.45) is 3.24. The number of benzene rings is 1. The van der Waals surface area contributed by atoms with E-state index in [0.717, 1.165) is 6.42 Å². The van der Waals surface area contributed by atoms with E-state index in [9.17, 15) is 4.79 Å². The predicted octanol–water partition coefficient (Wildman–Crippen LogP) is 4.17. The summed E-state index contributed by atoms with van der Waals surface area (Å²) < 4.78 is 4.61. The third-order valence-electron chi connectivity index (χ3n) is 3.19. The van der Waals surface area contributed by atoms with E-state index >= 15 is 0 Å². The number of phenolic OH excluding ortho intramolecular Hbond substituents is 1. The van der Waals surface area contributed by atoms with Gasteiger partial charge in [-0.25, -0.2) is 0 Å². The summed E-state index contributed by atoms with van der Waals surface area (Å²) in [5.74, 6) is 0.714. The third kappa shape index (κ3) is 4.62. The number of hydrogen-bond donors (Lipinski definition) is 1. The van der Waals surface area contributed by atoms with Crippen LogP contribution in [0.3, 0.4) is 0 Å². The number of furan rings is 1. The number of carbonyl (C=O) groups is 1. The van der Waals surface area contributed by atoms with E-state index in [2.05, 4.69) is 25.2 Å². The maximum absolute atomic E-state index is 9.77. The fourth-order valence-electron chi connectivity index (χ4n) is 1.48. The molecule has 1 aromatic heterocycles. The molecule has 1 N–H and O–H groups in total. The second kappa shape index (κ2) is 6.78. The van der Waals surface area contributed by atoms with Crippen LogP contribution in [-0.2, 0) is 5.41 Å². The molecule has 0 aliphatic carbocycles. The minimum Gasteiger partial charge on any atom is -0.508 e. The normalized spacial score (nSPS) is 10.5. The van der Waals surface area contributed by atoms with Gasteiger partial charge in [0, 0.05) is 0 Å². The van der Waals surface area contributed by atoms with Gasteiger partial charge < -0.3 is 9.52 Å². The molecule has 2 aromatic rings. The van der Waals surface area contributed by atoms with Crippen LogP contribution in [0.25, 0.3) is 0 Å². The van der Waals surface area contributed by atoms with Crippen molar-refractivity contribution in [1.82, 2.24) is 0 Å². The molecule has 0 unspecified atom stereocenters. The van der Waals surface area contributed by atoms with E-state index in [0.29, 0.717) is 17.8 Å². The van der Waals surface area contributed by atoms with Gasteiger partial charge in [0.1, 0.15) is 5.75 Å². The predicted molar refractivity (Wildman–Crippen MR) is 75.5 cm³/mol. The molecule has 0 bridgehead atoms. The number of aldehydes is 1. The standard InChI is InChI=1S/C11H16O.C5H4O2/c1-4-11(2,3)9-5-7-10(12)8-6-9;6-4-5-2-1-3-7-5/h5-8,12H,4H2,1-3H3;1-4H. The molecule has 3 nitrogen and oxygen atoms in total. The van der Waals surface area contributed by atoms with E-state index in [1.807, 2.05) is 12.1 Å². The van der Waals surface area contributed by atoms with Gasteiger partial charge in [0.2, 0.25) is 0 Å². The molecule has 0 spiro atoms. The van der Waals surface area contributed by atoms with Crippen molar-refractivity contribution in [1.29, 1.82) is 0 Å². The minimum atomic E-state index is 0.216. The van der Waals surface area contributed by atoms with Crippen molar-refractivity contribution in [3.63, 3.8) is 0 Å². The molecule has 0 radical (unpaired) electrons. The lowest BCUT2D eigenvalue weighted by atomic mass is 9.82. The lowest BCUT2D eigenvalue weighted by molar-refractivity contribution is 0.110. The number of rotatable bonds is 3. The fraction of sp³-hybridized carbons (Fsp3) is 0.312. The van der Waals surface area contributed by atoms with Crippen LogP contribution in [0.5, 0.6) is 5.75 Å². The van der Waals surface area contributed by atoms with Crippen LogP contribution in [0.4, 0.5) is 0 Å². The van der Waals surface area contributed by atoms with Crippen LogP contribution in [0.2, 0.25) is 0 Å². The summed E-state index contributed by atoms with van der Waals surface area (Å²) in [4.78, 5) is 9.77. The van der Waals surface area contributed by atoms with Gasteiger partial charge in [-0.3, -0.25) is 4.79 Å².